The highest BCUT2D eigenvalue weighted by molar-refractivity contribution is 5.98. The van der Waals surface area contributed by atoms with Gasteiger partial charge in [0.2, 0.25) is 0 Å². The van der Waals surface area contributed by atoms with E-state index in [1.54, 1.807) is 13.8 Å². The summed E-state index contributed by atoms with van der Waals surface area (Å²) in [4.78, 5) is 30.2. The van der Waals surface area contributed by atoms with Gasteiger partial charge in [0, 0.05) is 40.3 Å². The minimum atomic E-state index is 0.0677. The molecule has 0 unspecified atom stereocenters. The monoisotopic (exact) mass is 286 g/mol. The number of H-pyrrole nitrogens is 2. The average molecular weight is 286 g/mol. The van der Waals surface area contributed by atoms with Crippen LogP contribution in [0.4, 0.5) is 0 Å². The fourth-order valence-electron chi connectivity index (χ4n) is 3.10. The molecule has 0 spiro atoms. The van der Waals surface area contributed by atoms with E-state index in [4.69, 9.17) is 0 Å². The van der Waals surface area contributed by atoms with E-state index in [2.05, 4.69) is 9.97 Å². The van der Waals surface area contributed by atoms with E-state index in [-0.39, 0.29) is 11.6 Å². The summed E-state index contributed by atoms with van der Waals surface area (Å²) in [5, 5.41) is 0. The minimum Gasteiger partial charge on any atom is -0.361 e. The van der Waals surface area contributed by atoms with Crippen LogP contribution >= 0.6 is 0 Å². The van der Waals surface area contributed by atoms with Gasteiger partial charge in [-0.1, -0.05) is 0 Å². The molecular formula is C17H22N2O2. The first-order valence-electron chi connectivity index (χ1n) is 7.12. The van der Waals surface area contributed by atoms with Gasteiger partial charge in [0.15, 0.2) is 11.6 Å². The number of hydrogen-bond acceptors (Lipinski definition) is 2. The smallest absolute Gasteiger partial charge is 0.161 e. The van der Waals surface area contributed by atoms with Crippen LogP contribution < -0.4 is 0 Å². The first kappa shape index (κ1) is 15.3. The van der Waals surface area contributed by atoms with Crippen LogP contribution in [0.3, 0.4) is 0 Å². The van der Waals surface area contributed by atoms with Crippen LogP contribution in [0, 0.1) is 27.7 Å². The molecule has 21 heavy (non-hydrogen) atoms. The molecule has 4 heteroatoms. The summed E-state index contributed by atoms with van der Waals surface area (Å²) in [5.74, 6) is 0.137. The van der Waals surface area contributed by atoms with Crippen molar-refractivity contribution in [2.75, 3.05) is 0 Å². The second-order valence-corrected chi connectivity index (χ2v) is 5.75. The summed E-state index contributed by atoms with van der Waals surface area (Å²) in [6.07, 6.45) is 0.601. The maximum Gasteiger partial charge on any atom is 0.161 e. The summed E-state index contributed by atoms with van der Waals surface area (Å²) < 4.78 is 0. The molecule has 0 saturated heterocycles. The number of rotatable bonds is 4. The van der Waals surface area contributed by atoms with Crippen LogP contribution in [-0.2, 0) is 6.42 Å². The lowest BCUT2D eigenvalue weighted by Crippen LogP contribution is -2.01. The average Bonchev–Trinajstić information content (AvgIpc) is 2.78. The van der Waals surface area contributed by atoms with Crippen LogP contribution in [0.1, 0.15) is 68.5 Å². The number of aromatic amines is 2. The summed E-state index contributed by atoms with van der Waals surface area (Å²) in [7, 11) is 0. The van der Waals surface area contributed by atoms with Crippen molar-refractivity contribution in [3.8, 4) is 0 Å². The van der Waals surface area contributed by atoms with Crippen molar-refractivity contribution in [2.24, 2.45) is 0 Å². The van der Waals surface area contributed by atoms with E-state index < -0.39 is 0 Å². The van der Waals surface area contributed by atoms with Crippen LogP contribution in [0.15, 0.2) is 0 Å². The van der Waals surface area contributed by atoms with Crippen LogP contribution in [0.5, 0.6) is 0 Å². The quantitative estimate of drug-likeness (QED) is 0.844. The third kappa shape index (κ3) is 2.58. The van der Waals surface area contributed by atoms with Gasteiger partial charge in [-0.2, -0.15) is 0 Å². The third-order valence-electron chi connectivity index (χ3n) is 4.18. The topological polar surface area (TPSA) is 65.7 Å². The van der Waals surface area contributed by atoms with Gasteiger partial charge >= 0.3 is 0 Å². The maximum atomic E-state index is 11.9. The molecule has 0 amide bonds. The van der Waals surface area contributed by atoms with E-state index in [0.29, 0.717) is 6.42 Å². The van der Waals surface area contributed by atoms with Gasteiger partial charge in [0.1, 0.15) is 0 Å². The van der Waals surface area contributed by atoms with Gasteiger partial charge in [0.05, 0.1) is 0 Å². The molecule has 2 heterocycles. The SMILES string of the molecule is CC(=O)c1c(C)[nH]c(Cc2[nH]c(C)c(C)c2C(C)=O)c1C. The van der Waals surface area contributed by atoms with Crippen molar-refractivity contribution in [1.82, 2.24) is 9.97 Å². The Morgan fingerprint density at radius 3 is 1.76 bits per heavy atom. The van der Waals surface area contributed by atoms with Gasteiger partial charge in [-0.25, -0.2) is 0 Å². The fraction of sp³-hybridized carbons (Fsp3) is 0.412. The summed E-state index contributed by atoms with van der Waals surface area (Å²) >= 11 is 0. The van der Waals surface area contributed by atoms with Crippen molar-refractivity contribution < 1.29 is 9.59 Å². The number of aryl methyl sites for hydroxylation is 2. The van der Waals surface area contributed by atoms with Crippen LogP contribution in [-0.4, -0.2) is 21.5 Å². The van der Waals surface area contributed by atoms with Crippen LogP contribution in [0.25, 0.3) is 0 Å². The second kappa shape index (κ2) is 5.35. The molecule has 0 atom stereocenters. The Morgan fingerprint density at radius 1 is 0.762 bits per heavy atom. The van der Waals surface area contributed by atoms with E-state index in [1.165, 1.54) is 0 Å². The van der Waals surface area contributed by atoms with E-state index in [9.17, 15) is 9.59 Å². The number of carbonyl (C=O) groups excluding carboxylic acids is 2. The Bertz CT molecular complexity index is 733. The minimum absolute atomic E-state index is 0.0677. The molecule has 0 aliphatic carbocycles. The first-order valence-corrected chi connectivity index (χ1v) is 7.12. The molecular weight excluding hydrogens is 264 g/mol. The van der Waals surface area contributed by atoms with Crippen molar-refractivity contribution in [3.63, 3.8) is 0 Å². The molecule has 0 aliphatic rings. The Balaban J connectivity index is 2.49. The van der Waals surface area contributed by atoms with Crippen LogP contribution in [0.2, 0.25) is 0 Å². The van der Waals surface area contributed by atoms with Gasteiger partial charge in [0.25, 0.3) is 0 Å². The molecule has 2 aromatic rings. The number of ketones is 2. The zero-order valence-corrected chi connectivity index (χ0v) is 13.5. The fourth-order valence-corrected chi connectivity index (χ4v) is 3.10. The molecule has 0 saturated carbocycles. The standard InChI is InChI=1S/C17H22N2O2/c1-8-10(3)18-15(17(8)13(6)21)7-14-9(2)16(12(5)20)11(4)19-14/h18-19H,7H2,1-6H3. The molecule has 0 fully saturated rings. The molecule has 112 valence electrons. The van der Waals surface area contributed by atoms with E-state index in [0.717, 1.165) is 45.0 Å². The second-order valence-electron chi connectivity index (χ2n) is 5.75. The molecule has 0 aliphatic heterocycles. The Labute approximate surface area is 125 Å². The number of hydrogen-bond donors (Lipinski definition) is 2. The Hall–Kier alpha value is -2.10. The maximum absolute atomic E-state index is 11.9. The molecule has 2 rings (SSSR count). The predicted octanol–water partition coefficient (Wildman–Crippen LogP) is 3.57. The third-order valence-corrected chi connectivity index (χ3v) is 4.18. The number of Topliss-reactive ketones (excluding diaryl/α,β-unsaturated/α-hetero) is 2. The number of aromatic nitrogens is 2. The molecule has 0 radical (unpaired) electrons. The lowest BCUT2D eigenvalue weighted by Gasteiger charge is -2.03. The van der Waals surface area contributed by atoms with Crippen molar-refractivity contribution >= 4 is 11.6 Å². The highest BCUT2D eigenvalue weighted by Crippen LogP contribution is 2.25. The predicted molar refractivity (Wildman–Crippen MR) is 83.3 cm³/mol. The normalized spacial score (nSPS) is 11.0. The lowest BCUT2D eigenvalue weighted by atomic mass is 10.0. The molecule has 4 nitrogen and oxygen atoms in total. The highest BCUT2D eigenvalue weighted by atomic mass is 16.1. The van der Waals surface area contributed by atoms with Gasteiger partial charge < -0.3 is 9.97 Å². The zero-order chi connectivity index (χ0) is 15.9. The van der Waals surface area contributed by atoms with E-state index >= 15 is 0 Å². The van der Waals surface area contributed by atoms with Gasteiger partial charge in [-0.15, -0.1) is 0 Å². The zero-order valence-electron chi connectivity index (χ0n) is 13.5. The molecule has 0 aromatic carbocycles. The molecule has 0 bridgehead atoms. The van der Waals surface area contributed by atoms with Gasteiger partial charge in [-0.05, 0) is 52.7 Å². The highest BCUT2D eigenvalue weighted by Gasteiger charge is 2.20. The van der Waals surface area contributed by atoms with Crippen molar-refractivity contribution in [3.05, 3.63) is 45.0 Å². The Kier molecular flexibility index (Phi) is 3.90. The largest absolute Gasteiger partial charge is 0.361 e. The lowest BCUT2D eigenvalue weighted by molar-refractivity contribution is 0.100. The van der Waals surface area contributed by atoms with Crippen molar-refractivity contribution in [2.45, 2.75) is 48.0 Å². The molecule has 2 aromatic heterocycles. The summed E-state index contributed by atoms with van der Waals surface area (Å²) in [6.45, 7) is 11.0. The summed E-state index contributed by atoms with van der Waals surface area (Å²) in [5.41, 5.74) is 7.31. The number of carbonyl (C=O) groups is 2. The summed E-state index contributed by atoms with van der Waals surface area (Å²) in [6, 6.07) is 0. The van der Waals surface area contributed by atoms with Gasteiger partial charge in [-0.3, -0.25) is 9.59 Å². The number of nitrogens with one attached hydrogen (secondary N) is 2. The first-order chi connectivity index (χ1) is 9.73. The molecule has 2 N–H and O–H groups in total. The Morgan fingerprint density at radius 2 is 1.29 bits per heavy atom. The van der Waals surface area contributed by atoms with E-state index in [1.807, 2.05) is 27.7 Å². The van der Waals surface area contributed by atoms with Crippen molar-refractivity contribution in [1.29, 1.82) is 0 Å².